The molecule has 0 aliphatic carbocycles. The summed E-state index contributed by atoms with van der Waals surface area (Å²) in [5.74, 6) is -0.704. The van der Waals surface area contributed by atoms with Crippen molar-refractivity contribution in [2.75, 3.05) is 18.5 Å². The Hall–Kier alpha value is -4.09. The van der Waals surface area contributed by atoms with Gasteiger partial charge in [-0.25, -0.2) is 23.5 Å². The van der Waals surface area contributed by atoms with Crippen molar-refractivity contribution in [1.29, 1.82) is 0 Å². The van der Waals surface area contributed by atoms with Gasteiger partial charge in [0.1, 0.15) is 29.4 Å². The zero-order chi connectivity index (χ0) is 25.3. The van der Waals surface area contributed by atoms with Gasteiger partial charge in [0, 0.05) is 17.8 Å². The van der Waals surface area contributed by atoms with E-state index in [1.807, 2.05) is 0 Å². The van der Waals surface area contributed by atoms with Crippen molar-refractivity contribution in [3.8, 4) is 11.5 Å². The second-order valence-corrected chi connectivity index (χ2v) is 9.07. The Morgan fingerprint density at radius 1 is 1.37 bits per heavy atom. The van der Waals surface area contributed by atoms with E-state index in [-0.39, 0.29) is 30.1 Å². The summed E-state index contributed by atoms with van der Waals surface area (Å²) in [5, 5.41) is 19.0. The number of anilines is 1. The molecule has 2 aromatic heterocycles. The number of carbonyl (C=O) groups excluding carboxylic acids is 1. The molecule has 2 atom stereocenters. The molecule has 0 saturated carbocycles. The number of hydrogen-bond acceptors (Lipinski definition) is 8. The zero-order valence-corrected chi connectivity index (χ0v) is 19.7. The maximum atomic E-state index is 14.4. The SMILES string of the molecule is CC(Nc1ccn2ncc(C(=O)O)c2n1)c1cc(F)cc2c1OC[C@H](CNC(=O)OC(C)(C)C)O2. The molecule has 0 fully saturated rings. The fourth-order valence-electron chi connectivity index (χ4n) is 3.55. The molecule has 1 aliphatic heterocycles. The lowest BCUT2D eigenvalue weighted by Gasteiger charge is -2.30. The van der Waals surface area contributed by atoms with Crippen LogP contribution in [0.1, 0.15) is 49.7 Å². The molecule has 11 nitrogen and oxygen atoms in total. The van der Waals surface area contributed by atoms with Gasteiger partial charge in [0.05, 0.1) is 18.8 Å². The fourth-order valence-corrected chi connectivity index (χ4v) is 3.55. The lowest BCUT2D eigenvalue weighted by Crippen LogP contribution is -2.42. The minimum Gasteiger partial charge on any atom is -0.485 e. The Kier molecular flexibility index (Phi) is 6.37. The second kappa shape index (κ2) is 9.28. The molecule has 3 heterocycles. The summed E-state index contributed by atoms with van der Waals surface area (Å²) in [5.41, 5.74) is 0.00396. The van der Waals surface area contributed by atoms with Gasteiger partial charge in [-0.15, -0.1) is 0 Å². The highest BCUT2D eigenvalue weighted by atomic mass is 19.1. The number of amides is 1. The van der Waals surface area contributed by atoms with Crippen LogP contribution in [0.3, 0.4) is 0 Å². The first-order valence-electron chi connectivity index (χ1n) is 10.9. The lowest BCUT2D eigenvalue weighted by atomic mass is 10.1. The number of alkyl carbamates (subject to hydrolysis) is 1. The van der Waals surface area contributed by atoms with Crippen molar-refractivity contribution in [2.24, 2.45) is 0 Å². The number of aromatic carboxylic acids is 1. The molecular formula is C23H26FN5O6. The minimum absolute atomic E-state index is 0.0350. The number of nitrogens with zero attached hydrogens (tertiary/aromatic N) is 3. The number of aromatic nitrogens is 3. The van der Waals surface area contributed by atoms with Gasteiger partial charge >= 0.3 is 12.1 Å². The highest BCUT2D eigenvalue weighted by Gasteiger charge is 2.28. The summed E-state index contributed by atoms with van der Waals surface area (Å²) in [6, 6.07) is 3.72. The molecule has 0 bridgehead atoms. The first-order valence-corrected chi connectivity index (χ1v) is 10.9. The largest absolute Gasteiger partial charge is 0.485 e. The van der Waals surface area contributed by atoms with Crippen LogP contribution in [-0.2, 0) is 4.74 Å². The fraction of sp³-hybridized carbons (Fsp3) is 0.391. The summed E-state index contributed by atoms with van der Waals surface area (Å²) in [6.07, 6.45) is 1.68. The Labute approximate surface area is 200 Å². The summed E-state index contributed by atoms with van der Waals surface area (Å²) in [4.78, 5) is 27.6. The number of hydrogen-bond donors (Lipinski definition) is 3. The van der Waals surface area contributed by atoms with Crippen molar-refractivity contribution >= 4 is 23.5 Å². The molecule has 4 rings (SSSR count). The van der Waals surface area contributed by atoms with Crippen LogP contribution in [0.2, 0.25) is 0 Å². The smallest absolute Gasteiger partial charge is 0.407 e. The monoisotopic (exact) mass is 487 g/mol. The Bertz CT molecular complexity index is 1270. The molecule has 1 unspecified atom stereocenters. The number of carboxylic acid groups (broad SMARTS) is 1. The van der Waals surface area contributed by atoms with E-state index in [1.54, 1.807) is 40.0 Å². The quantitative estimate of drug-likeness (QED) is 0.478. The van der Waals surface area contributed by atoms with Crippen molar-refractivity contribution in [3.63, 3.8) is 0 Å². The van der Waals surface area contributed by atoms with E-state index in [1.165, 1.54) is 22.8 Å². The molecule has 3 N–H and O–H groups in total. The molecule has 186 valence electrons. The summed E-state index contributed by atoms with van der Waals surface area (Å²) in [6.45, 7) is 7.32. The predicted molar refractivity (Wildman–Crippen MR) is 123 cm³/mol. The van der Waals surface area contributed by atoms with Crippen LogP contribution >= 0.6 is 0 Å². The third-order valence-electron chi connectivity index (χ3n) is 5.06. The van der Waals surface area contributed by atoms with Gasteiger partial charge in [0.15, 0.2) is 23.3 Å². The van der Waals surface area contributed by atoms with Gasteiger partial charge in [0.25, 0.3) is 0 Å². The van der Waals surface area contributed by atoms with Crippen molar-refractivity contribution in [1.82, 2.24) is 19.9 Å². The number of carboxylic acids is 1. The van der Waals surface area contributed by atoms with Gasteiger partial charge in [-0.05, 0) is 39.8 Å². The number of halogens is 1. The van der Waals surface area contributed by atoms with Gasteiger partial charge in [-0.3, -0.25) is 0 Å². The highest BCUT2D eigenvalue weighted by Crippen LogP contribution is 2.40. The van der Waals surface area contributed by atoms with E-state index >= 15 is 0 Å². The lowest BCUT2D eigenvalue weighted by molar-refractivity contribution is 0.0450. The average molecular weight is 487 g/mol. The molecule has 0 saturated heterocycles. The number of fused-ring (bicyclic) bond motifs is 2. The molecular weight excluding hydrogens is 461 g/mol. The summed E-state index contributed by atoms with van der Waals surface area (Å²) < 4.78 is 32.8. The predicted octanol–water partition coefficient (Wildman–Crippen LogP) is 3.40. The normalized spacial score (nSPS) is 16.0. The topological polar surface area (TPSA) is 136 Å². The van der Waals surface area contributed by atoms with Crippen molar-refractivity contribution < 1.29 is 33.3 Å². The number of rotatable bonds is 6. The van der Waals surface area contributed by atoms with E-state index in [9.17, 15) is 19.1 Å². The molecule has 12 heteroatoms. The summed E-state index contributed by atoms with van der Waals surface area (Å²) in [7, 11) is 0. The van der Waals surface area contributed by atoms with Crippen molar-refractivity contribution in [3.05, 3.63) is 47.5 Å². The van der Waals surface area contributed by atoms with E-state index in [0.29, 0.717) is 17.1 Å². The van der Waals surface area contributed by atoms with Crippen LogP contribution in [0.4, 0.5) is 15.0 Å². The number of nitrogens with one attached hydrogen (secondary N) is 2. The maximum Gasteiger partial charge on any atom is 0.407 e. The van der Waals surface area contributed by atoms with E-state index in [4.69, 9.17) is 14.2 Å². The van der Waals surface area contributed by atoms with Crippen LogP contribution in [0, 0.1) is 5.82 Å². The summed E-state index contributed by atoms with van der Waals surface area (Å²) >= 11 is 0. The average Bonchev–Trinajstić information content (AvgIpc) is 3.19. The van der Waals surface area contributed by atoms with Gasteiger partial charge < -0.3 is 30.0 Å². The van der Waals surface area contributed by atoms with Crippen LogP contribution in [0.5, 0.6) is 11.5 Å². The zero-order valence-electron chi connectivity index (χ0n) is 19.7. The molecule has 0 radical (unpaired) electrons. The number of carbonyl (C=O) groups is 2. The molecule has 35 heavy (non-hydrogen) atoms. The van der Waals surface area contributed by atoms with Crippen LogP contribution in [0.15, 0.2) is 30.6 Å². The highest BCUT2D eigenvalue weighted by molar-refractivity contribution is 5.94. The van der Waals surface area contributed by atoms with Crippen LogP contribution in [0.25, 0.3) is 5.65 Å². The number of benzene rings is 1. The van der Waals surface area contributed by atoms with Gasteiger partial charge in [-0.2, -0.15) is 5.10 Å². The van der Waals surface area contributed by atoms with Crippen molar-refractivity contribution in [2.45, 2.75) is 45.4 Å². The molecule has 1 aromatic carbocycles. The van der Waals surface area contributed by atoms with Gasteiger partial charge in [-0.1, -0.05) is 0 Å². The van der Waals surface area contributed by atoms with Gasteiger partial charge in [0.2, 0.25) is 0 Å². The van der Waals surface area contributed by atoms with E-state index < -0.39 is 35.6 Å². The van der Waals surface area contributed by atoms with E-state index in [0.717, 1.165) is 0 Å². The number of ether oxygens (including phenoxy) is 3. The van der Waals surface area contributed by atoms with Crippen LogP contribution in [-0.4, -0.2) is 56.6 Å². The third-order valence-corrected chi connectivity index (χ3v) is 5.06. The second-order valence-electron chi connectivity index (χ2n) is 9.07. The maximum absolute atomic E-state index is 14.4. The van der Waals surface area contributed by atoms with E-state index in [2.05, 4.69) is 20.7 Å². The minimum atomic E-state index is -1.14. The molecule has 1 amide bonds. The third kappa shape index (κ3) is 5.53. The molecule has 0 spiro atoms. The first-order chi connectivity index (χ1) is 16.5. The van der Waals surface area contributed by atoms with Crippen LogP contribution < -0.4 is 20.1 Å². The molecule has 1 aliphatic rings. The first kappa shape index (κ1) is 24.0. The standard InChI is InChI=1S/C23H26FN5O6/c1-12(27-18-5-6-29-20(28-18)16(10-26-29)21(30)31)15-7-13(24)8-17-19(15)33-11-14(34-17)9-25-22(32)35-23(2,3)4/h5-8,10,12,14H,9,11H2,1-4H3,(H,25,32)(H,27,28)(H,30,31)/t12?,14-/m0/s1. The molecule has 3 aromatic rings. The Morgan fingerprint density at radius 2 is 2.14 bits per heavy atom. The Morgan fingerprint density at radius 3 is 2.86 bits per heavy atom. The Balaban J connectivity index is 1.48.